The van der Waals surface area contributed by atoms with Crippen LogP contribution in [0.2, 0.25) is 0 Å². The quantitative estimate of drug-likeness (QED) is 0.649. The maximum atomic E-state index is 11.5. The number of nitriles is 1. The van der Waals surface area contributed by atoms with Gasteiger partial charge in [-0.25, -0.2) is 0 Å². The molecular weight excluding hydrogens is 176 g/mol. The molecule has 0 aromatic heterocycles. The molecule has 1 amide bonds. The van der Waals surface area contributed by atoms with Crippen LogP contribution in [-0.2, 0) is 4.79 Å². The molecule has 0 aromatic carbocycles. The molecular formula is C11H22N2O. The second kappa shape index (κ2) is 6.42. The van der Waals surface area contributed by atoms with E-state index < -0.39 is 0 Å². The van der Waals surface area contributed by atoms with E-state index in [4.69, 9.17) is 5.26 Å². The second-order valence-corrected chi connectivity index (χ2v) is 4.48. The van der Waals surface area contributed by atoms with Crippen molar-refractivity contribution in [1.82, 2.24) is 4.90 Å². The third-order valence-corrected chi connectivity index (χ3v) is 1.74. The maximum Gasteiger partial charge on any atom is 0.227 e. The molecule has 82 valence electrons. The Morgan fingerprint density at radius 1 is 1.36 bits per heavy atom. The molecule has 0 rings (SSSR count). The van der Waals surface area contributed by atoms with Gasteiger partial charge in [-0.15, -0.1) is 0 Å². The first kappa shape index (κ1) is 15.4. The summed E-state index contributed by atoms with van der Waals surface area (Å²) in [5.74, 6) is 0.201. The summed E-state index contributed by atoms with van der Waals surface area (Å²) in [5, 5.41) is 7.32. The molecule has 0 aliphatic rings. The van der Waals surface area contributed by atoms with E-state index in [1.54, 1.807) is 11.0 Å². The van der Waals surface area contributed by atoms with E-state index in [1.165, 1.54) is 6.92 Å². The van der Waals surface area contributed by atoms with E-state index in [1.807, 2.05) is 41.7 Å². The minimum Gasteiger partial charge on any atom is -0.343 e. The smallest absolute Gasteiger partial charge is 0.227 e. The Labute approximate surface area is 87.7 Å². The van der Waals surface area contributed by atoms with Gasteiger partial charge in [0, 0.05) is 25.4 Å². The zero-order chi connectivity index (χ0) is 11.9. The highest BCUT2D eigenvalue weighted by atomic mass is 16.2. The van der Waals surface area contributed by atoms with E-state index in [-0.39, 0.29) is 11.3 Å². The zero-order valence-corrected chi connectivity index (χ0v) is 10.4. The van der Waals surface area contributed by atoms with E-state index in [2.05, 4.69) is 0 Å². The summed E-state index contributed by atoms with van der Waals surface area (Å²) in [6.45, 7) is 11.3. The number of hydrogen-bond acceptors (Lipinski definition) is 2. The highest BCUT2D eigenvalue weighted by Crippen LogP contribution is 2.17. The van der Waals surface area contributed by atoms with Gasteiger partial charge in [0.1, 0.15) is 0 Å². The van der Waals surface area contributed by atoms with Gasteiger partial charge in [0.15, 0.2) is 0 Å². The first-order chi connectivity index (χ1) is 6.18. The molecule has 3 heteroatoms. The van der Waals surface area contributed by atoms with Gasteiger partial charge in [-0.1, -0.05) is 20.8 Å². The number of hydrogen-bond donors (Lipinski definition) is 0. The van der Waals surface area contributed by atoms with Gasteiger partial charge < -0.3 is 4.90 Å². The zero-order valence-electron chi connectivity index (χ0n) is 10.4. The summed E-state index contributed by atoms with van der Waals surface area (Å²) < 4.78 is 0. The molecule has 0 saturated heterocycles. The summed E-state index contributed by atoms with van der Waals surface area (Å²) in [7, 11) is 1.85. The van der Waals surface area contributed by atoms with Crippen molar-refractivity contribution < 1.29 is 4.79 Å². The van der Waals surface area contributed by atoms with Crippen molar-refractivity contribution in [1.29, 1.82) is 5.26 Å². The first-order valence-electron chi connectivity index (χ1n) is 4.76. The monoisotopic (exact) mass is 198 g/mol. The standard InChI is InChI=1S/C9H19NO.C2H3N/c1-7(2)10(6)8(11)9(3,4)5;1-2-3/h7H,1-6H3;1H3. The lowest BCUT2D eigenvalue weighted by Crippen LogP contribution is -2.40. The van der Waals surface area contributed by atoms with Crippen LogP contribution < -0.4 is 0 Å². The van der Waals surface area contributed by atoms with Gasteiger partial charge in [0.05, 0.1) is 6.07 Å². The van der Waals surface area contributed by atoms with Gasteiger partial charge in [0.25, 0.3) is 0 Å². The highest BCUT2D eigenvalue weighted by Gasteiger charge is 2.25. The third kappa shape index (κ3) is 6.47. The molecule has 0 aliphatic heterocycles. The number of nitrogens with zero attached hydrogens (tertiary/aromatic N) is 2. The summed E-state index contributed by atoms with van der Waals surface area (Å²) in [5.41, 5.74) is -0.251. The molecule has 0 spiro atoms. The Morgan fingerprint density at radius 2 is 1.64 bits per heavy atom. The van der Waals surface area contributed by atoms with Crippen molar-refractivity contribution >= 4 is 5.91 Å². The third-order valence-electron chi connectivity index (χ3n) is 1.74. The van der Waals surface area contributed by atoms with Gasteiger partial charge >= 0.3 is 0 Å². The number of carbonyl (C=O) groups excluding carboxylic acids is 1. The van der Waals surface area contributed by atoms with Crippen molar-refractivity contribution in [2.45, 2.75) is 47.6 Å². The van der Waals surface area contributed by atoms with Crippen molar-refractivity contribution in [3.05, 3.63) is 0 Å². The molecule has 0 aromatic rings. The molecule has 0 unspecified atom stereocenters. The van der Waals surface area contributed by atoms with Crippen LogP contribution in [0.3, 0.4) is 0 Å². The molecule has 0 N–H and O–H groups in total. The van der Waals surface area contributed by atoms with Crippen molar-refractivity contribution in [3.8, 4) is 6.07 Å². The van der Waals surface area contributed by atoms with Gasteiger partial charge in [0.2, 0.25) is 5.91 Å². The lowest BCUT2D eigenvalue weighted by molar-refractivity contribution is -0.139. The predicted octanol–water partition coefficient (Wildman–Crippen LogP) is 2.43. The predicted molar refractivity (Wildman–Crippen MR) is 58.6 cm³/mol. The van der Waals surface area contributed by atoms with Gasteiger partial charge in [-0.3, -0.25) is 4.79 Å². The number of carbonyl (C=O) groups is 1. The van der Waals surface area contributed by atoms with Crippen LogP contribution >= 0.6 is 0 Å². The van der Waals surface area contributed by atoms with Crippen LogP contribution in [0, 0.1) is 16.7 Å². The van der Waals surface area contributed by atoms with Crippen molar-refractivity contribution in [3.63, 3.8) is 0 Å². The van der Waals surface area contributed by atoms with Gasteiger partial charge in [-0.05, 0) is 13.8 Å². The molecule has 0 radical (unpaired) electrons. The topological polar surface area (TPSA) is 44.1 Å². The lowest BCUT2D eigenvalue weighted by Gasteiger charge is -2.28. The average Bonchev–Trinajstić information content (AvgIpc) is 2.01. The lowest BCUT2D eigenvalue weighted by atomic mass is 9.94. The summed E-state index contributed by atoms with van der Waals surface area (Å²) in [4.78, 5) is 13.3. The van der Waals surface area contributed by atoms with E-state index in [0.717, 1.165) is 0 Å². The average molecular weight is 198 g/mol. The second-order valence-electron chi connectivity index (χ2n) is 4.48. The normalized spacial score (nSPS) is 9.93. The van der Waals surface area contributed by atoms with Crippen LogP contribution in [0.5, 0.6) is 0 Å². The highest BCUT2D eigenvalue weighted by molar-refractivity contribution is 5.81. The molecule has 14 heavy (non-hydrogen) atoms. The minimum atomic E-state index is -0.251. The number of amides is 1. The fourth-order valence-electron chi connectivity index (χ4n) is 0.764. The van der Waals surface area contributed by atoms with Crippen molar-refractivity contribution in [2.24, 2.45) is 5.41 Å². The van der Waals surface area contributed by atoms with Crippen LogP contribution in [0.25, 0.3) is 0 Å². The first-order valence-corrected chi connectivity index (χ1v) is 4.76. The summed E-state index contributed by atoms with van der Waals surface area (Å²) >= 11 is 0. The van der Waals surface area contributed by atoms with Crippen LogP contribution in [-0.4, -0.2) is 23.9 Å². The van der Waals surface area contributed by atoms with Gasteiger partial charge in [-0.2, -0.15) is 5.26 Å². The van der Waals surface area contributed by atoms with Crippen LogP contribution in [0.15, 0.2) is 0 Å². The Kier molecular flexibility index (Phi) is 7.08. The molecule has 0 atom stereocenters. The molecule has 0 saturated carbocycles. The van der Waals surface area contributed by atoms with Crippen LogP contribution in [0.1, 0.15) is 41.5 Å². The van der Waals surface area contributed by atoms with E-state index in [9.17, 15) is 4.79 Å². The summed E-state index contributed by atoms with van der Waals surface area (Å²) in [6.07, 6.45) is 0. The van der Waals surface area contributed by atoms with Crippen LogP contribution in [0.4, 0.5) is 0 Å². The SMILES string of the molecule is CC#N.CC(C)N(C)C(=O)C(C)(C)C. The van der Waals surface area contributed by atoms with E-state index in [0.29, 0.717) is 6.04 Å². The molecule has 0 aliphatic carbocycles. The molecule has 0 heterocycles. The summed E-state index contributed by atoms with van der Waals surface area (Å²) in [6, 6.07) is 2.04. The maximum absolute atomic E-state index is 11.5. The fourth-order valence-corrected chi connectivity index (χ4v) is 0.764. The largest absolute Gasteiger partial charge is 0.343 e. The number of rotatable bonds is 1. The molecule has 0 fully saturated rings. The minimum absolute atomic E-state index is 0.201. The van der Waals surface area contributed by atoms with Crippen molar-refractivity contribution in [2.75, 3.05) is 7.05 Å². The Balaban J connectivity index is 0. The Hall–Kier alpha value is -1.04. The molecule has 3 nitrogen and oxygen atoms in total. The Bertz CT molecular complexity index is 208. The molecule has 0 bridgehead atoms. The fraction of sp³-hybridized carbons (Fsp3) is 0.818. The van der Waals surface area contributed by atoms with E-state index >= 15 is 0 Å². The Morgan fingerprint density at radius 3 is 1.71 bits per heavy atom.